The smallest absolute Gasteiger partial charge is 0.191 e. The lowest BCUT2D eigenvalue weighted by molar-refractivity contribution is 0.0994. The van der Waals surface area contributed by atoms with Gasteiger partial charge in [-0.15, -0.1) is 10.2 Å². The lowest BCUT2D eigenvalue weighted by Crippen LogP contribution is -2.14. The Kier molecular flexibility index (Phi) is 6.27. The molecular formula is C24H29N3OS. The van der Waals surface area contributed by atoms with Gasteiger partial charge in [0.25, 0.3) is 0 Å². The van der Waals surface area contributed by atoms with Gasteiger partial charge >= 0.3 is 0 Å². The molecule has 29 heavy (non-hydrogen) atoms. The molecule has 1 atom stereocenters. The number of carbonyl (C=O) groups is 1. The molecule has 0 spiro atoms. The van der Waals surface area contributed by atoms with Gasteiger partial charge in [-0.2, -0.15) is 0 Å². The lowest BCUT2D eigenvalue weighted by atomic mass is 9.87. The Morgan fingerprint density at radius 3 is 2.21 bits per heavy atom. The number of ketones is 1. The van der Waals surface area contributed by atoms with E-state index in [9.17, 15) is 4.79 Å². The summed E-state index contributed by atoms with van der Waals surface area (Å²) in [7, 11) is 1.95. The number of Topliss-reactive ketones (excluding diaryl/α,β-unsaturated/α-hetero) is 1. The molecule has 0 saturated heterocycles. The van der Waals surface area contributed by atoms with Crippen LogP contribution in [0.3, 0.4) is 0 Å². The van der Waals surface area contributed by atoms with E-state index < -0.39 is 0 Å². The maximum atomic E-state index is 12.8. The third kappa shape index (κ3) is 4.78. The van der Waals surface area contributed by atoms with Gasteiger partial charge in [-0.25, -0.2) is 0 Å². The van der Waals surface area contributed by atoms with E-state index in [1.807, 2.05) is 42.8 Å². The van der Waals surface area contributed by atoms with Gasteiger partial charge in [-0.05, 0) is 29.9 Å². The fourth-order valence-electron chi connectivity index (χ4n) is 3.14. The van der Waals surface area contributed by atoms with Gasteiger partial charge < -0.3 is 4.57 Å². The molecule has 0 aliphatic carbocycles. The zero-order chi connectivity index (χ0) is 21.2. The Balaban J connectivity index is 1.75. The van der Waals surface area contributed by atoms with Crippen LogP contribution in [0.25, 0.3) is 11.4 Å². The highest BCUT2D eigenvalue weighted by Crippen LogP contribution is 2.29. The third-order valence-corrected chi connectivity index (χ3v) is 6.28. The van der Waals surface area contributed by atoms with Crippen molar-refractivity contribution in [1.82, 2.24) is 14.8 Å². The van der Waals surface area contributed by atoms with Crippen molar-refractivity contribution < 1.29 is 4.79 Å². The lowest BCUT2D eigenvalue weighted by Gasteiger charge is -2.19. The van der Waals surface area contributed by atoms with Crippen LogP contribution in [0, 0.1) is 0 Å². The van der Waals surface area contributed by atoms with E-state index in [0.29, 0.717) is 0 Å². The first kappa shape index (κ1) is 21.3. The van der Waals surface area contributed by atoms with Crippen molar-refractivity contribution >= 4 is 17.5 Å². The maximum Gasteiger partial charge on any atom is 0.191 e. The van der Waals surface area contributed by atoms with E-state index in [2.05, 4.69) is 62.2 Å². The van der Waals surface area contributed by atoms with Gasteiger partial charge in [-0.3, -0.25) is 4.79 Å². The standard InChI is InChI=1S/C24H29N3OS/c1-7-17-8-10-18(11-9-17)21(28)16(2)29-23-26-25-22(27(23)6)19-12-14-20(15-13-19)24(3,4)5/h8-16H,7H2,1-6H3/t16-/m0/s1. The minimum Gasteiger partial charge on any atom is -0.305 e. The molecule has 0 unspecified atom stereocenters. The number of aromatic nitrogens is 3. The molecule has 4 nitrogen and oxygen atoms in total. The summed E-state index contributed by atoms with van der Waals surface area (Å²) in [4.78, 5) is 12.8. The highest BCUT2D eigenvalue weighted by molar-refractivity contribution is 8.00. The molecule has 3 aromatic rings. The number of thioether (sulfide) groups is 1. The van der Waals surface area contributed by atoms with Crippen molar-refractivity contribution in [3.8, 4) is 11.4 Å². The topological polar surface area (TPSA) is 47.8 Å². The second-order valence-electron chi connectivity index (χ2n) is 8.37. The fraction of sp³-hybridized carbons (Fsp3) is 0.375. The Labute approximate surface area is 177 Å². The maximum absolute atomic E-state index is 12.8. The highest BCUT2D eigenvalue weighted by atomic mass is 32.2. The highest BCUT2D eigenvalue weighted by Gasteiger charge is 2.21. The number of nitrogens with zero attached hydrogens (tertiary/aromatic N) is 3. The summed E-state index contributed by atoms with van der Waals surface area (Å²) in [5.41, 5.74) is 4.39. The van der Waals surface area contributed by atoms with Crippen LogP contribution >= 0.6 is 11.8 Å². The first-order valence-corrected chi connectivity index (χ1v) is 10.9. The SMILES string of the molecule is CCc1ccc(C(=O)[C@H](C)Sc2nnc(-c3ccc(C(C)(C)C)cc3)n2C)cc1. The molecule has 0 aliphatic rings. The van der Waals surface area contributed by atoms with Crippen LogP contribution in [0.15, 0.2) is 53.7 Å². The summed E-state index contributed by atoms with van der Waals surface area (Å²) < 4.78 is 1.96. The Morgan fingerprint density at radius 2 is 1.66 bits per heavy atom. The van der Waals surface area contributed by atoms with Crippen molar-refractivity contribution in [2.45, 2.75) is 56.9 Å². The van der Waals surface area contributed by atoms with Crippen molar-refractivity contribution in [1.29, 1.82) is 0 Å². The van der Waals surface area contributed by atoms with Crippen LogP contribution in [0.5, 0.6) is 0 Å². The predicted octanol–water partition coefficient (Wildman–Crippen LogP) is 5.71. The van der Waals surface area contributed by atoms with Crippen molar-refractivity contribution in [3.63, 3.8) is 0 Å². The van der Waals surface area contributed by atoms with Crippen LogP contribution < -0.4 is 0 Å². The Morgan fingerprint density at radius 1 is 1.03 bits per heavy atom. The van der Waals surface area contributed by atoms with Crippen LogP contribution in [0.2, 0.25) is 0 Å². The molecule has 152 valence electrons. The summed E-state index contributed by atoms with van der Waals surface area (Å²) in [5.74, 6) is 0.914. The number of hydrogen-bond acceptors (Lipinski definition) is 4. The molecule has 0 radical (unpaired) electrons. The van der Waals surface area contributed by atoms with E-state index in [0.717, 1.165) is 28.5 Å². The van der Waals surface area contributed by atoms with Crippen LogP contribution in [-0.4, -0.2) is 25.8 Å². The molecule has 0 saturated carbocycles. The summed E-state index contributed by atoms with van der Waals surface area (Å²) in [6.07, 6.45) is 0.969. The molecule has 5 heteroatoms. The van der Waals surface area contributed by atoms with Crippen molar-refractivity contribution in [2.24, 2.45) is 7.05 Å². The first-order valence-electron chi connectivity index (χ1n) is 10.0. The number of aryl methyl sites for hydroxylation is 1. The normalized spacial score (nSPS) is 12.8. The molecule has 2 aromatic carbocycles. The quantitative estimate of drug-likeness (QED) is 0.388. The van der Waals surface area contributed by atoms with Gasteiger partial charge in [0.2, 0.25) is 0 Å². The average molecular weight is 408 g/mol. The first-order chi connectivity index (χ1) is 13.7. The Bertz CT molecular complexity index is 982. The molecule has 0 aliphatic heterocycles. The monoisotopic (exact) mass is 407 g/mol. The molecule has 0 N–H and O–H groups in total. The van der Waals surface area contributed by atoms with Crippen LogP contribution in [-0.2, 0) is 18.9 Å². The van der Waals surface area contributed by atoms with Gasteiger partial charge in [0.05, 0.1) is 5.25 Å². The molecule has 3 rings (SSSR count). The van der Waals surface area contributed by atoms with E-state index in [1.165, 1.54) is 22.9 Å². The van der Waals surface area contributed by atoms with Crippen LogP contribution in [0.4, 0.5) is 0 Å². The Hall–Kier alpha value is -2.40. The molecule has 0 fully saturated rings. The van der Waals surface area contributed by atoms with E-state index in [4.69, 9.17) is 0 Å². The van der Waals surface area contributed by atoms with Gasteiger partial charge in [0.15, 0.2) is 16.8 Å². The second-order valence-corrected chi connectivity index (χ2v) is 9.68. The van der Waals surface area contributed by atoms with E-state index >= 15 is 0 Å². The number of carbonyl (C=O) groups excluding carboxylic acids is 1. The minimum atomic E-state index is -0.235. The molecule has 0 bridgehead atoms. The van der Waals surface area contributed by atoms with E-state index in [1.54, 1.807) is 0 Å². The van der Waals surface area contributed by atoms with Crippen LogP contribution in [0.1, 0.15) is 56.1 Å². The third-order valence-electron chi connectivity index (χ3n) is 5.14. The largest absolute Gasteiger partial charge is 0.305 e. The summed E-state index contributed by atoms with van der Waals surface area (Å²) in [6.45, 7) is 10.6. The van der Waals surface area contributed by atoms with Gasteiger partial charge in [-0.1, -0.05) is 88.0 Å². The zero-order valence-electron chi connectivity index (χ0n) is 18.1. The average Bonchev–Trinajstić information content (AvgIpc) is 3.07. The molecular weight excluding hydrogens is 378 g/mol. The zero-order valence-corrected chi connectivity index (χ0v) is 18.9. The summed E-state index contributed by atoms with van der Waals surface area (Å²) in [5, 5.41) is 9.20. The number of benzene rings is 2. The fourth-order valence-corrected chi connectivity index (χ4v) is 4.03. The molecule has 1 heterocycles. The minimum absolute atomic E-state index is 0.108. The van der Waals surface area contributed by atoms with E-state index in [-0.39, 0.29) is 16.4 Å². The van der Waals surface area contributed by atoms with Gasteiger partial charge in [0.1, 0.15) is 0 Å². The van der Waals surface area contributed by atoms with Gasteiger partial charge in [0, 0.05) is 18.2 Å². The van der Waals surface area contributed by atoms with Crippen molar-refractivity contribution in [2.75, 3.05) is 0 Å². The number of rotatable bonds is 6. The molecule has 0 amide bonds. The summed E-state index contributed by atoms with van der Waals surface area (Å²) in [6, 6.07) is 16.3. The second kappa shape index (κ2) is 8.54. The van der Waals surface area contributed by atoms with Crippen molar-refractivity contribution in [3.05, 3.63) is 65.2 Å². The summed E-state index contributed by atoms with van der Waals surface area (Å²) >= 11 is 1.45. The number of hydrogen-bond donors (Lipinski definition) is 0. The molecule has 1 aromatic heterocycles. The predicted molar refractivity (Wildman–Crippen MR) is 121 cm³/mol.